The van der Waals surface area contributed by atoms with Crippen molar-refractivity contribution in [2.75, 3.05) is 23.3 Å². The average molecular weight is 376 g/mol. The van der Waals surface area contributed by atoms with E-state index >= 15 is 0 Å². The van der Waals surface area contributed by atoms with Gasteiger partial charge in [-0.25, -0.2) is 23.1 Å². The second kappa shape index (κ2) is 7.38. The van der Waals surface area contributed by atoms with Crippen molar-refractivity contribution >= 4 is 27.6 Å². The molecule has 138 valence electrons. The maximum absolute atomic E-state index is 12.5. The van der Waals surface area contributed by atoms with Gasteiger partial charge < -0.3 is 10.1 Å². The van der Waals surface area contributed by atoms with Crippen molar-refractivity contribution in [1.82, 2.24) is 9.97 Å². The molecule has 2 aromatic rings. The number of amides is 1. The van der Waals surface area contributed by atoms with Crippen molar-refractivity contribution in [2.24, 2.45) is 5.92 Å². The Hall–Kier alpha value is -2.52. The number of aromatic nitrogens is 2. The van der Waals surface area contributed by atoms with Crippen LogP contribution in [0.5, 0.6) is 0 Å². The van der Waals surface area contributed by atoms with Gasteiger partial charge in [-0.1, -0.05) is 0 Å². The maximum atomic E-state index is 12.5. The highest BCUT2D eigenvalue weighted by Crippen LogP contribution is 2.19. The lowest BCUT2D eigenvalue weighted by atomic mass is 10.1. The van der Waals surface area contributed by atoms with Crippen molar-refractivity contribution in [1.29, 1.82) is 0 Å². The lowest BCUT2D eigenvalue weighted by molar-refractivity contribution is -0.119. The molecule has 1 saturated heterocycles. The highest BCUT2D eigenvalue weighted by molar-refractivity contribution is 7.92. The van der Waals surface area contributed by atoms with Crippen molar-refractivity contribution in [3.05, 3.63) is 41.7 Å². The summed E-state index contributed by atoms with van der Waals surface area (Å²) in [5, 5.41) is 2.77. The number of carbonyl (C=O) groups is 1. The van der Waals surface area contributed by atoms with Gasteiger partial charge in [-0.15, -0.1) is 0 Å². The lowest BCUT2D eigenvalue weighted by Crippen LogP contribution is -2.22. The largest absolute Gasteiger partial charge is 0.381 e. The molecule has 1 aromatic heterocycles. The molecule has 0 saturated carbocycles. The summed E-state index contributed by atoms with van der Waals surface area (Å²) in [6.07, 6.45) is 0.693. The summed E-state index contributed by atoms with van der Waals surface area (Å²) in [5.41, 5.74) is 1.87. The zero-order valence-electron chi connectivity index (χ0n) is 14.5. The van der Waals surface area contributed by atoms with Crippen LogP contribution in [0.4, 0.5) is 11.6 Å². The van der Waals surface area contributed by atoms with Crippen LogP contribution in [0.3, 0.4) is 0 Å². The third-order valence-electron chi connectivity index (χ3n) is 3.94. The Labute approximate surface area is 152 Å². The second-order valence-electron chi connectivity index (χ2n) is 6.15. The monoisotopic (exact) mass is 376 g/mol. The first kappa shape index (κ1) is 18.3. The molecule has 1 amide bonds. The van der Waals surface area contributed by atoms with Crippen molar-refractivity contribution < 1.29 is 17.9 Å². The summed E-state index contributed by atoms with van der Waals surface area (Å²) in [7, 11) is -3.82. The molecule has 3 rings (SSSR count). The van der Waals surface area contributed by atoms with Crippen LogP contribution in [-0.2, 0) is 19.6 Å². The average Bonchev–Trinajstić information content (AvgIpc) is 3.08. The van der Waals surface area contributed by atoms with Crippen LogP contribution < -0.4 is 10.0 Å². The predicted molar refractivity (Wildman–Crippen MR) is 96.3 cm³/mol. The Morgan fingerprint density at radius 3 is 2.38 bits per heavy atom. The molecule has 1 aliphatic heterocycles. The van der Waals surface area contributed by atoms with Crippen molar-refractivity contribution in [3.8, 4) is 0 Å². The summed E-state index contributed by atoms with van der Waals surface area (Å²) in [4.78, 5) is 20.3. The standard InChI is InChI=1S/C17H20N4O4S/c1-11-9-12(2)19-17(18-11)21-26(23,24)15-5-3-14(4-6-15)20-16(22)13-7-8-25-10-13/h3-6,9,13H,7-8,10H2,1-2H3,(H,20,22)(H,18,19,21). The SMILES string of the molecule is Cc1cc(C)nc(NS(=O)(=O)c2ccc(NC(=O)C3CCOC3)cc2)n1. The number of nitrogens with one attached hydrogen (secondary N) is 2. The smallest absolute Gasteiger partial charge is 0.264 e. The molecule has 1 aromatic carbocycles. The Bertz CT molecular complexity index is 887. The van der Waals surface area contributed by atoms with Gasteiger partial charge in [0.1, 0.15) is 0 Å². The Balaban J connectivity index is 1.71. The van der Waals surface area contributed by atoms with E-state index < -0.39 is 10.0 Å². The Morgan fingerprint density at radius 2 is 1.81 bits per heavy atom. The fourth-order valence-electron chi connectivity index (χ4n) is 2.65. The van der Waals surface area contributed by atoms with Crippen LogP contribution in [0.1, 0.15) is 17.8 Å². The van der Waals surface area contributed by atoms with E-state index in [1.165, 1.54) is 12.1 Å². The van der Waals surface area contributed by atoms with E-state index in [0.29, 0.717) is 36.7 Å². The van der Waals surface area contributed by atoms with E-state index in [1.807, 2.05) is 0 Å². The topological polar surface area (TPSA) is 110 Å². The molecule has 1 unspecified atom stereocenters. The first-order valence-electron chi connectivity index (χ1n) is 8.17. The molecule has 0 radical (unpaired) electrons. The molecule has 1 atom stereocenters. The van der Waals surface area contributed by atoms with Crippen LogP contribution >= 0.6 is 0 Å². The number of nitrogens with zero attached hydrogens (tertiary/aromatic N) is 2. The fraction of sp³-hybridized carbons (Fsp3) is 0.353. The number of rotatable bonds is 5. The summed E-state index contributed by atoms with van der Waals surface area (Å²) < 4.78 is 32.5. The number of anilines is 2. The first-order chi connectivity index (χ1) is 12.3. The summed E-state index contributed by atoms with van der Waals surface area (Å²) >= 11 is 0. The zero-order chi connectivity index (χ0) is 18.7. The van der Waals surface area contributed by atoms with Crippen LogP contribution in [0.25, 0.3) is 0 Å². The van der Waals surface area contributed by atoms with E-state index in [2.05, 4.69) is 20.0 Å². The minimum Gasteiger partial charge on any atom is -0.381 e. The minimum atomic E-state index is -3.82. The highest BCUT2D eigenvalue weighted by atomic mass is 32.2. The van der Waals surface area contributed by atoms with E-state index in [0.717, 1.165) is 0 Å². The van der Waals surface area contributed by atoms with E-state index in [-0.39, 0.29) is 22.7 Å². The van der Waals surface area contributed by atoms with Gasteiger partial charge in [0.05, 0.1) is 17.4 Å². The third kappa shape index (κ3) is 4.36. The number of ether oxygens (including phenoxy) is 1. The minimum absolute atomic E-state index is 0.0288. The van der Waals surface area contributed by atoms with Crippen molar-refractivity contribution in [3.63, 3.8) is 0 Å². The molecule has 1 aliphatic rings. The summed E-state index contributed by atoms with van der Waals surface area (Å²) in [6, 6.07) is 7.69. The highest BCUT2D eigenvalue weighted by Gasteiger charge is 2.23. The van der Waals surface area contributed by atoms with Gasteiger partial charge in [0.15, 0.2) is 0 Å². The quantitative estimate of drug-likeness (QED) is 0.824. The second-order valence-corrected chi connectivity index (χ2v) is 7.84. The fourth-order valence-corrected chi connectivity index (χ4v) is 3.60. The van der Waals surface area contributed by atoms with E-state index in [4.69, 9.17) is 4.74 Å². The van der Waals surface area contributed by atoms with Crippen LogP contribution in [0.15, 0.2) is 35.2 Å². The van der Waals surface area contributed by atoms with Gasteiger partial charge in [0, 0.05) is 23.7 Å². The van der Waals surface area contributed by atoms with Gasteiger partial charge in [-0.05, 0) is 50.6 Å². The van der Waals surface area contributed by atoms with Crippen LogP contribution in [-0.4, -0.2) is 37.5 Å². The number of hydrogen-bond donors (Lipinski definition) is 2. The number of benzene rings is 1. The normalized spacial score (nSPS) is 17.1. The Morgan fingerprint density at radius 1 is 1.15 bits per heavy atom. The number of carbonyl (C=O) groups excluding carboxylic acids is 1. The summed E-state index contributed by atoms with van der Waals surface area (Å²) in [6.45, 7) is 4.53. The van der Waals surface area contributed by atoms with E-state index in [9.17, 15) is 13.2 Å². The lowest BCUT2D eigenvalue weighted by Gasteiger charge is -2.11. The molecule has 8 nitrogen and oxygen atoms in total. The molecular formula is C17H20N4O4S. The third-order valence-corrected chi connectivity index (χ3v) is 5.28. The molecule has 0 spiro atoms. The number of hydrogen-bond acceptors (Lipinski definition) is 6. The van der Waals surface area contributed by atoms with Crippen LogP contribution in [0, 0.1) is 19.8 Å². The molecule has 26 heavy (non-hydrogen) atoms. The predicted octanol–water partition coefficient (Wildman–Crippen LogP) is 1.87. The molecule has 0 bridgehead atoms. The van der Waals surface area contributed by atoms with Gasteiger partial charge in [0.25, 0.3) is 10.0 Å². The van der Waals surface area contributed by atoms with Gasteiger partial charge >= 0.3 is 0 Å². The first-order valence-corrected chi connectivity index (χ1v) is 9.65. The van der Waals surface area contributed by atoms with E-state index in [1.54, 1.807) is 32.0 Å². The molecular weight excluding hydrogens is 356 g/mol. The summed E-state index contributed by atoms with van der Waals surface area (Å²) in [5.74, 6) is -0.261. The molecule has 9 heteroatoms. The molecule has 0 aliphatic carbocycles. The van der Waals surface area contributed by atoms with Crippen LogP contribution in [0.2, 0.25) is 0 Å². The number of sulfonamides is 1. The van der Waals surface area contributed by atoms with Gasteiger partial charge in [-0.3, -0.25) is 4.79 Å². The van der Waals surface area contributed by atoms with Gasteiger partial charge in [-0.2, -0.15) is 0 Å². The molecule has 2 N–H and O–H groups in total. The number of aryl methyl sites for hydroxylation is 2. The zero-order valence-corrected chi connectivity index (χ0v) is 15.3. The van der Waals surface area contributed by atoms with Crippen molar-refractivity contribution in [2.45, 2.75) is 25.2 Å². The Kier molecular flexibility index (Phi) is 5.19. The maximum Gasteiger partial charge on any atom is 0.264 e. The molecule has 2 heterocycles. The molecule has 1 fully saturated rings. The van der Waals surface area contributed by atoms with Gasteiger partial charge in [0.2, 0.25) is 11.9 Å².